The van der Waals surface area contributed by atoms with Crippen LogP contribution in [-0.2, 0) is 0 Å². The van der Waals surface area contributed by atoms with Crippen LogP contribution in [0.2, 0.25) is 5.02 Å². The zero-order valence-corrected chi connectivity index (χ0v) is 10.2. The van der Waals surface area contributed by atoms with Crippen molar-refractivity contribution in [1.29, 1.82) is 0 Å². The van der Waals surface area contributed by atoms with Crippen molar-refractivity contribution < 1.29 is 14.4 Å². The lowest BCUT2D eigenvalue weighted by molar-refractivity contribution is 0.0953. The Morgan fingerprint density at radius 2 is 2.28 bits per heavy atom. The van der Waals surface area contributed by atoms with Crippen LogP contribution in [0.15, 0.2) is 23.4 Å². The van der Waals surface area contributed by atoms with Gasteiger partial charge >= 0.3 is 0 Å². The van der Waals surface area contributed by atoms with E-state index in [1.54, 1.807) is 0 Å². The molecule has 1 aromatic rings. The van der Waals surface area contributed by atoms with Gasteiger partial charge in [-0.05, 0) is 24.6 Å². The molecule has 0 aliphatic rings. The molecular weight excluding hydrogens is 261 g/mol. The van der Waals surface area contributed by atoms with Gasteiger partial charge in [-0.2, -0.15) is 0 Å². The number of amides is 1. The number of amidine groups is 1. The third-order valence-electron chi connectivity index (χ3n) is 2.20. The average Bonchev–Trinajstić information content (AvgIpc) is 2.34. The molecule has 1 aromatic carbocycles. The van der Waals surface area contributed by atoms with E-state index in [1.807, 2.05) is 0 Å². The number of oxime groups is 1. The average molecular weight is 274 g/mol. The Balaban J connectivity index is 2.46. The van der Waals surface area contributed by atoms with E-state index in [0.29, 0.717) is 19.4 Å². The number of rotatable bonds is 5. The first-order valence-corrected chi connectivity index (χ1v) is 5.62. The zero-order valence-electron chi connectivity index (χ0n) is 9.49. The summed E-state index contributed by atoms with van der Waals surface area (Å²) >= 11 is 5.74. The van der Waals surface area contributed by atoms with E-state index in [4.69, 9.17) is 22.5 Å². The number of halogens is 2. The molecule has 0 fully saturated rings. The number of nitrogens with two attached hydrogens (primary N) is 1. The van der Waals surface area contributed by atoms with E-state index in [0.717, 1.165) is 12.1 Å². The molecule has 1 rings (SSSR count). The van der Waals surface area contributed by atoms with E-state index in [-0.39, 0.29) is 22.3 Å². The van der Waals surface area contributed by atoms with Crippen LogP contribution < -0.4 is 11.1 Å². The maximum atomic E-state index is 12.8. The van der Waals surface area contributed by atoms with Crippen molar-refractivity contribution in [2.75, 3.05) is 6.54 Å². The third kappa shape index (κ3) is 4.21. The molecule has 98 valence electrons. The summed E-state index contributed by atoms with van der Waals surface area (Å²) in [7, 11) is 0. The van der Waals surface area contributed by atoms with Crippen LogP contribution in [0.5, 0.6) is 0 Å². The third-order valence-corrected chi connectivity index (χ3v) is 2.51. The highest BCUT2D eigenvalue weighted by Gasteiger charge is 2.10. The first-order valence-electron chi connectivity index (χ1n) is 5.24. The maximum absolute atomic E-state index is 12.8. The minimum Gasteiger partial charge on any atom is -0.409 e. The fourth-order valence-electron chi connectivity index (χ4n) is 1.29. The van der Waals surface area contributed by atoms with Crippen LogP contribution in [0, 0.1) is 5.82 Å². The summed E-state index contributed by atoms with van der Waals surface area (Å²) < 4.78 is 12.8. The predicted molar refractivity (Wildman–Crippen MR) is 66.4 cm³/mol. The second-order valence-corrected chi connectivity index (χ2v) is 3.98. The molecule has 5 nitrogen and oxygen atoms in total. The van der Waals surface area contributed by atoms with Crippen LogP contribution in [0.1, 0.15) is 23.2 Å². The normalized spacial score (nSPS) is 11.3. The lowest BCUT2D eigenvalue weighted by atomic mass is 10.2. The minimum absolute atomic E-state index is 0.0592. The number of nitrogens with one attached hydrogen (secondary N) is 1. The quantitative estimate of drug-likeness (QED) is 0.251. The summed E-state index contributed by atoms with van der Waals surface area (Å²) in [5.41, 5.74) is 5.48. The van der Waals surface area contributed by atoms with Gasteiger partial charge in [0, 0.05) is 13.0 Å². The highest BCUT2D eigenvalue weighted by molar-refractivity contribution is 6.33. The summed E-state index contributed by atoms with van der Waals surface area (Å²) in [6, 6.07) is 3.56. The van der Waals surface area contributed by atoms with E-state index in [2.05, 4.69) is 10.5 Å². The molecule has 0 saturated heterocycles. The lowest BCUT2D eigenvalue weighted by Gasteiger charge is -2.06. The van der Waals surface area contributed by atoms with Crippen LogP contribution in [0.4, 0.5) is 4.39 Å². The van der Waals surface area contributed by atoms with Crippen molar-refractivity contribution in [1.82, 2.24) is 5.32 Å². The SMILES string of the molecule is NC(CCCNC(=O)c1ccc(F)cc1Cl)=NO. The van der Waals surface area contributed by atoms with Gasteiger partial charge in [-0.3, -0.25) is 4.79 Å². The zero-order chi connectivity index (χ0) is 13.5. The molecule has 0 aromatic heterocycles. The Morgan fingerprint density at radius 3 is 2.89 bits per heavy atom. The fraction of sp³-hybridized carbons (Fsp3) is 0.273. The molecule has 0 spiro atoms. The molecule has 0 saturated carbocycles. The monoisotopic (exact) mass is 273 g/mol. The van der Waals surface area contributed by atoms with E-state index in [1.165, 1.54) is 6.07 Å². The molecule has 1 amide bonds. The van der Waals surface area contributed by atoms with Gasteiger partial charge in [0.2, 0.25) is 0 Å². The summed E-state index contributed by atoms with van der Waals surface area (Å²) in [6.45, 7) is 0.350. The van der Waals surface area contributed by atoms with E-state index >= 15 is 0 Å². The molecule has 4 N–H and O–H groups in total. The molecule has 0 aliphatic heterocycles. The molecule has 0 bridgehead atoms. The fourth-order valence-corrected chi connectivity index (χ4v) is 1.54. The van der Waals surface area contributed by atoms with Gasteiger partial charge in [0.05, 0.1) is 10.6 Å². The number of carbonyl (C=O) groups is 1. The van der Waals surface area contributed by atoms with Crippen molar-refractivity contribution in [3.63, 3.8) is 0 Å². The van der Waals surface area contributed by atoms with Gasteiger partial charge in [-0.25, -0.2) is 4.39 Å². The lowest BCUT2D eigenvalue weighted by Crippen LogP contribution is -2.26. The van der Waals surface area contributed by atoms with E-state index in [9.17, 15) is 9.18 Å². The standard InChI is InChI=1S/C11H13ClFN3O2/c12-9-6-7(13)3-4-8(9)11(17)15-5-1-2-10(14)16-18/h3-4,6,18H,1-2,5H2,(H2,14,16)(H,15,17). The summed E-state index contributed by atoms with van der Waals surface area (Å²) in [6.07, 6.45) is 0.897. The number of nitrogens with zero attached hydrogens (tertiary/aromatic N) is 1. The Bertz CT molecular complexity index is 466. The predicted octanol–water partition coefficient (Wildman–Crippen LogP) is 1.74. The Labute approximate surface area is 108 Å². The van der Waals surface area contributed by atoms with Crippen molar-refractivity contribution in [3.8, 4) is 0 Å². The summed E-state index contributed by atoms with van der Waals surface area (Å²) in [4.78, 5) is 11.7. The topological polar surface area (TPSA) is 87.7 Å². The van der Waals surface area contributed by atoms with Crippen LogP contribution in [0.3, 0.4) is 0 Å². The number of benzene rings is 1. The van der Waals surface area contributed by atoms with Crippen molar-refractivity contribution >= 4 is 23.3 Å². The van der Waals surface area contributed by atoms with Crippen molar-refractivity contribution in [2.24, 2.45) is 10.9 Å². The summed E-state index contributed by atoms with van der Waals surface area (Å²) in [5, 5.41) is 13.8. The van der Waals surface area contributed by atoms with Crippen molar-refractivity contribution in [3.05, 3.63) is 34.6 Å². The molecule has 18 heavy (non-hydrogen) atoms. The van der Waals surface area contributed by atoms with Gasteiger partial charge in [0.25, 0.3) is 5.91 Å². The number of hydrogen-bond acceptors (Lipinski definition) is 3. The first-order chi connectivity index (χ1) is 8.54. The molecule has 0 atom stereocenters. The summed E-state index contributed by atoms with van der Waals surface area (Å²) in [5.74, 6) is -0.785. The van der Waals surface area contributed by atoms with E-state index < -0.39 is 5.82 Å². The number of carbonyl (C=O) groups excluding carboxylic acids is 1. The first kappa shape index (κ1) is 14.2. The molecule has 0 unspecified atom stereocenters. The highest BCUT2D eigenvalue weighted by atomic mass is 35.5. The van der Waals surface area contributed by atoms with Crippen LogP contribution in [-0.4, -0.2) is 23.5 Å². The van der Waals surface area contributed by atoms with Gasteiger partial charge in [0.15, 0.2) is 0 Å². The Hall–Kier alpha value is -1.82. The molecule has 0 aliphatic carbocycles. The van der Waals surface area contributed by atoms with Gasteiger partial charge < -0.3 is 16.3 Å². The minimum atomic E-state index is -0.497. The molecule has 7 heteroatoms. The van der Waals surface area contributed by atoms with Gasteiger partial charge in [-0.15, -0.1) is 0 Å². The smallest absolute Gasteiger partial charge is 0.252 e. The number of hydrogen-bond donors (Lipinski definition) is 3. The highest BCUT2D eigenvalue weighted by Crippen LogP contribution is 2.16. The second kappa shape index (κ2) is 6.80. The van der Waals surface area contributed by atoms with Gasteiger partial charge in [-0.1, -0.05) is 16.8 Å². The Kier molecular flexibility index (Phi) is 5.38. The van der Waals surface area contributed by atoms with Crippen molar-refractivity contribution in [2.45, 2.75) is 12.8 Å². The Morgan fingerprint density at radius 1 is 1.56 bits per heavy atom. The molecule has 0 radical (unpaired) electrons. The van der Waals surface area contributed by atoms with Gasteiger partial charge in [0.1, 0.15) is 11.7 Å². The van der Waals surface area contributed by atoms with Crippen LogP contribution in [0.25, 0.3) is 0 Å². The second-order valence-electron chi connectivity index (χ2n) is 3.57. The molecular formula is C11H13ClFN3O2. The van der Waals surface area contributed by atoms with Crippen LogP contribution >= 0.6 is 11.6 Å². The largest absolute Gasteiger partial charge is 0.409 e. The maximum Gasteiger partial charge on any atom is 0.252 e. The molecule has 0 heterocycles.